The quantitative estimate of drug-likeness (QED) is 0.818. The van der Waals surface area contributed by atoms with E-state index in [0.717, 1.165) is 18.5 Å². The van der Waals surface area contributed by atoms with Crippen molar-refractivity contribution in [3.8, 4) is 0 Å². The zero-order chi connectivity index (χ0) is 11.9. The molecular formula is C15H30N2. The molecule has 1 heterocycles. The van der Waals surface area contributed by atoms with Gasteiger partial charge < -0.3 is 10.6 Å². The first-order chi connectivity index (χ1) is 8.40. The maximum absolute atomic E-state index is 5.71. The van der Waals surface area contributed by atoms with Crippen molar-refractivity contribution in [3.63, 3.8) is 0 Å². The molecule has 1 saturated carbocycles. The Hall–Kier alpha value is -0.0800. The van der Waals surface area contributed by atoms with E-state index < -0.39 is 0 Å². The Kier molecular flexibility index (Phi) is 5.79. The van der Waals surface area contributed by atoms with Crippen LogP contribution in [0, 0.1) is 5.92 Å². The van der Waals surface area contributed by atoms with Gasteiger partial charge in [-0.15, -0.1) is 0 Å². The number of likely N-dealkylation sites (tertiary alicyclic amines) is 1. The van der Waals surface area contributed by atoms with Crippen LogP contribution in [0.4, 0.5) is 0 Å². The van der Waals surface area contributed by atoms with Gasteiger partial charge in [0.2, 0.25) is 0 Å². The minimum Gasteiger partial charge on any atom is -0.330 e. The average Bonchev–Trinajstić information content (AvgIpc) is 2.29. The lowest BCUT2D eigenvalue weighted by Gasteiger charge is -2.39. The second-order valence-electron chi connectivity index (χ2n) is 6.08. The lowest BCUT2D eigenvalue weighted by atomic mass is 9.90. The van der Waals surface area contributed by atoms with Crippen LogP contribution >= 0.6 is 0 Å². The van der Waals surface area contributed by atoms with Gasteiger partial charge in [0.05, 0.1) is 0 Å². The number of nitrogens with zero attached hydrogens (tertiary/aromatic N) is 1. The number of hydrogen-bond acceptors (Lipinski definition) is 2. The Morgan fingerprint density at radius 1 is 0.882 bits per heavy atom. The van der Waals surface area contributed by atoms with Crippen molar-refractivity contribution in [2.75, 3.05) is 19.6 Å². The number of rotatable bonds is 3. The van der Waals surface area contributed by atoms with Gasteiger partial charge in [0.1, 0.15) is 0 Å². The molecule has 100 valence electrons. The van der Waals surface area contributed by atoms with Crippen LogP contribution in [-0.4, -0.2) is 30.6 Å². The molecule has 1 saturated heterocycles. The Balaban J connectivity index is 1.81. The second kappa shape index (κ2) is 7.38. The number of hydrogen-bond donors (Lipinski definition) is 1. The van der Waals surface area contributed by atoms with E-state index in [1.54, 1.807) is 0 Å². The summed E-state index contributed by atoms with van der Waals surface area (Å²) in [6.45, 7) is 3.57. The van der Waals surface area contributed by atoms with Gasteiger partial charge in [-0.3, -0.25) is 0 Å². The zero-order valence-corrected chi connectivity index (χ0v) is 11.4. The molecule has 2 nitrogen and oxygen atoms in total. The lowest BCUT2D eigenvalue weighted by Crippen LogP contribution is -2.43. The normalized spacial score (nSPS) is 29.8. The molecule has 0 amide bonds. The SMILES string of the molecule is NCCC1CCCN(C2CCCCCCC2)C1. The van der Waals surface area contributed by atoms with E-state index in [1.807, 2.05) is 0 Å². The molecule has 2 rings (SSSR count). The standard InChI is InChI=1S/C15H30N2/c16-11-10-14-7-6-12-17(13-14)15-8-4-2-1-3-5-9-15/h14-15H,1-13,16H2. The summed E-state index contributed by atoms with van der Waals surface area (Å²) in [6.07, 6.45) is 14.3. The molecule has 1 unspecified atom stereocenters. The van der Waals surface area contributed by atoms with E-state index in [2.05, 4.69) is 4.90 Å². The summed E-state index contributed by atoms with van der Waals surface area (Å²) in [5, 5.41) is 0. The summed E-state index contributed by atoms with van der Waals surface area (Å²) < 4.78 is 0. The van der Waals surface area contributed by atoms with Crippen molar-refractivity contribution in [3.05, 3.63) is 0 Å². The number of nitrogens with two attached hydrogens (primary N) is 1. The van der Waals surface area contributed by atoms with Crippen LogP contribution in [0.3, 0.4) is 0 Å². The molecule has 17 heavy (non-hydrogen) atoms. The molecule has 1 aliphatic carbocycles. The van der Waals surface area contributed by atoms with Gasteiger partial charge in [0, 0.05) is 12.6 Å². The topological polar surface area (TPSA) is 29.3 Å². The van der Waals surface area contributed by atoms with E-state index >= 15 is 0 Å². The fourth-order valence-electron chi connectivity index (χ4n) is 3.70. The minimum absolute atomic E-state index is 0.878. The van der Waals surface area contributed by atoms with E-state index in [1.165, 1.54) is 77.3 Å². The monoisotopic (exact) mass is 238 g/mol. The van der Waals surface area contributed by atoms with E-state index in [0.29, 0.717) is 0 Å². The van der Waals surface area contributed by atoms with Crippen molar-refractivity contribution in [2.24, 2.45) is 11.7 Å². The molecule has 2 aliphatic rings. The minimum atomic E-state index is 0.878. The molecule has 0 spiro atoms. The molecule has 1 aliphatic heterocycles. The Labute approximate surface area is 107 Å². The van der Waals surface area contributed by atoms with Gasteiger partial charge in [-0.1, -0.05) is 32.1 Å². The molecule has 0 aromatic heterocycles. The maximum atomic E-state index is 5.71. The van der Waals surface area contributed by atoms with Crippen molar-refractivity contribution < 1.29 is 0 Å². The van der Waals surface area contributed by atoms with Crippen LogP contribution in [0.5, 0.6) is 0 Å². The summed E-state index contributed by atoms with van der Waals surface area (Å²) in [5.41, 5.74) is 5.71. The number of piperidine rings is 1. The van der Waals surface area contributed by atoms with Crippen LogP contribution < -0.4 is 5.73 Å². The van der Waals surface area contributed by atoms with Crippen LogP contribution in [0.15, 0.2) is 0 Å². The van der Waals surface area contributed by atoms with E-state index in [-0.39, 0.29) is 0 Å². The largest absolute Gasteiger partial charge is 0.330 e. The predicted octanol–water partition coefficient (Wildman–Crippen LogP) is 3.16. The van der Waals surface area contributed by atoms with Crippen molar-refractivity contribution in [1.82, 2.24) is 4.90 Å². The summed E-state index contributed by atoms with van der Waals surface area (Å²) in [5.74, 6) is 0.888. The fourth-order valence-corrected chi connectivity index (χ4v) is 3.70. The van der Waals surface area contributed by atoms with Gasteiger partial charge in [-0.2, -0.15) is 0 Å². The molecule has 0 bridgehead atoms. The zero-order valence-electron chi connectivity index (χ0n) is 11.4. The average molecular weight is 238 g/mol. The fraction of sp³-hybridized carbons (Fsp3) is 1.00. The highest BCUT2D eigenvalue weighted by Gasteiger charge is 2.25. The molecule has 0 aromatic rings. The van der Waals surface area contributed by atoms with Crippen LogP contribution in [0.2, 0.25) is 0 Å². The van der Waals surface area contributed by atoms with Crippen LogP contribution in [0.25, 0.3) is 0 Å². The third kappa shape index (κ3) is 4.26. The van der Waals surface area contributed by atoms with Gasteiger partial charge in [-0.05, 0) is 51.1 Å². The highest BCUT2D eigenvalue weighted by molar-refractivity contribution is 4.80. The van der Waals surface area contributed by atoms with E-state index in [9.17, 15) is 0 Å². The first-order valence-electron chi connectivity index (χ1n) is 7.84. The Morgan fingerprint density at radius 2 is 1.59 bits per heavy atom. The molecule has 0 radical (unpaired) electrons. The van der Waals surface area contributed by atoms with Crippen LogP contribution in [0.1, 0.15) is 64.2 Å². The van der Waals surface area contributed by atoms with Crippen molar-refractivity contribution in [2.45, 2.75) is 70.3 Å². The first-order valence-corrected chi connectivity index (χ1v) is 7.84. The van der Waals surface area contributed by atoms with Crippen molar-refractivity contribution >= 4 is 0 Å². The molecular weight excluding hydrogens is 208 g/mol. The molecule has 2 heteroatoms. The van der Waals surface area contributed by atoms with Crippen LogP contribution in [-0.2, 0) is 0 Å². The Morgan fingerprint density at radius 3 is 2.29 bits per heavy atom. The second-order valence-corrected chi connectivity index (χ2v) is 6.08. The smallest absolute Gasteiger partial charge is 0.00953 e. The van der Waals surface area contributed by atoms with E-state index in [4.69, 9.17) is 5.73 Å². The summed E-state index contributed by atoms with van der Waals surface area (Å²) in [4.78, 5) is 2.80. The lowest BCUT2D eigenvalue weighted by molar-refractivity contribution is 0.102. The summed E-state index contributed by atoms with van der Waals surface area (Å²) >= 11 is 0. The predicted molar refractivity (Wildman–Crippen MR) is 74.1 cm³/mol. The molecule has 0 aromatic carbocycles. The van der Waals surface area contributed by atoms with Gasteiger partial charge in [-0.25, -0.2) is 0 Å². The summed E-state index contributed by atoms with van der Waals surface area (Å²) in [7, 11) is 0. The third-order valence-electron chi connectivity index (χ3n) is 4.72. The molecule has 1 atom stereocenters. The Bertz CT molecular complexity index is 195. The van der Waals surface area contributed by atoms with Gasteiger partial charge >= 0.3 is 0 Å². The first kappa shape index (κ1) is 13.4. The molecule has 2 N–H and O–H groups in total. The third-order valence-corrected chi connectivity index (χ3v) is 4.72. The highest BCUT2D eigenvalue weighted by Crippen LogP contribution is 2.27. The van der Waals surface area contributed by atoms with Gasteiger partial charge in [0.15, 0.2) is 0 Å². The maximum Gasteiger partial charge on any atom is 0.00953 e. The van der Waals surface area contributed by atoms with Gasteiger partial charge in [0.25, 0.3) is 0 Å². The molecule has 2 fully saturated rings. The summed E-state index contributed by atoms with van der Waals surface area (Å²) in [6, 6.07) is 0.899. The highest BCUT2D eigenvalue weighted by atomic mass is 15.2. The van der Waals surface area contributed by atoms with Crippen molar-refractivity contribution in [1.29, 1.82) is 0 Å².